The van der Waals surface area contributed by atoms with Gasteiger partial charge < -0.3 is 14.8 Å². The van der Waals surface area contributed by atoms with Gasteiger partial charge in [-0.1, -0.05) is 12.1 Å². The van der Waals surface area contributed by atoms with E-state index in [1.54, 1.807) is 11.3 Å². The molecule has 138 valence electrons. The van der Waals surface area contributed by atoms with Gasteiger partial charge in [0.05, 0.1) is 13.1 Å². The summed E-state index contributed by atoms with van der Waals surface area (Å²) in [7, 11) is 0. The van der Waals surface area contributed by atoms with Crippen LogP contribution in [0.2, 0.25) is 0 Å². The minimum absolute atomic E-state index is 0.0996. The first-order chi connectivity index (χ1) is 12.8. The molecule has 2 aliphatic rings. The van der Waals surface area contributed by atoms with Crippen molar-refractivity contribution in [1.29, 1.82) is 0 Å². The number of hydrogen-bond donors (Lipinski definition) is 1. The van der Waals surface area contributed by atoms with Crippen LogP contribution in [0.1, 0.15) is 10.4 Å². The number of hydrogen-bond acceptors (Lipinski definition) is 6. The summed E-state index contributed by atoms with van der Waals surface area (Å²) in [6, 6.07) is 10.2. The Kier molecular flexibility index (Phi) is 5.38. The van der Waals surface area contributed by atoms with E-state index in [1.165, 1.54) is 10.4 Å². The van der Waals surface area contributed by atoms with Crippen LogP contribution in [0.25, 0.3) is 0 Å². The molecule has 0 radical (unpaired) electrons. The fraction of sp³-hybridized carbons (Fsp3) is 0.421. The minimum Gasteiger partial charge on any atom is -0.454 e. The minimum atomic E-state index is 0.0996. The van der Waals surface area contributed by atoms with Gasteiger partial charge in [0.25, 0.3) is 0 Å². The SMILES string of the molecule is O=C(CN1CCN(Cc2ccc3c(c2)OCO3)CC1)NCc1cccs1. The Balaban J connectivity index is 1.19. The molecule has 7 heteroatoms. The van der Waals surface area contributed by atoms with E-state index in [2.05, 4.69) is 27.2 Å². The van der Waals surface area contributed by atoms with Crippen LogP contribution >= 0.6 is 11.3 Å². The van der Waals surface area contributed by atoms with Gasteiger partial charge in [-0.05, 0) is 29.1 Å². The quantitative estimate of drug-likeness (QED) is 0.838. The number of benzene rings is 1. The third-order valence-corrected chi connectivity index (χ3v) is 5.59. The van der Waals surface area contributed by atoms with Crippen LogP contribution in [0, 0.1) is 0 Å². The Labute approximate surface area is 157 Å². The molecule has 0 aliphatic carbocycles. The standard InChI is InChI=1S/C19H23N3O3S/c23-19(20-11-16-2-1-9-26-16)13-22-7-5-21(6-8-22)12-15-3-4-17-18(10-15)25-14-24-17/h1-4,9-10H,5-8,11-14H2,(H,20,23). The van der Waals surface area contributed by atoms with Crippen molar-refractivity contribution in [2.24, 2.45) is 0 Å². The van der Waals surface area contributed by atoms with E-state index < -0.39 is 0 Å². The van der Waals surface area contributed by atoms with Gasteiger partial charge in [0, 0.05) is 37.6 Å². The van der Waals surface area contributed by atoms with E-state index in [0.717, 1.165) is 44.2 Å². The molecule has 3 heterocycles. The largest absolute Gasteiger partial charge is 0.454 e. The molecule has 1 fully saturated rings. The molecule has 0 saturated carbocycles. The molecule has 1 aromatic carbocycles. The molecule has 1 aromatic heterocycles. The lowest BCUT2D eigenvalue weighted by atomic mass is 10.1. The smallest absolute Gasteiger partial charge is 0.234 e. The molecule has 2 aromatic rings. The van der Waals surface area contributed by atoms with Crippen molar-refractivity contribution in [2.45, 2.75) is 13.1 Å². The van der Waals surface area contributed by atoms with Gasteiger partial charge in [0.2, 0.25) is 12.7 Å². The number of thiophene rings is 1. The summed E-state index contributed by atoms with van der Waals surface area (Å²) < 4.78 is 10.8. The van der Waals surface area contributed by atoms with Gasteiger partial charge in [0.15, 0.2) is 11.5 Å². The van der Waals surface area contributed by atoms with Crippen LogP contribution in [0.3, 0.4) is 0 Å². The predicted molar refractivity (Wildman–Crippen MR) is 100 cm³/mol. The zero-order valence-corrected chi connectivity index (χ0v) is 15.5. The maximum absolute atomic E-state index is 12.1. The summed E-state index contributed by atoms with van der Waals surface area (Å²) in [5.41, 5.74) is 1.23. The number of nitrogens with one attached hydrogen (secondary N) is 1. The van der Waals surface area contributed by atoms with Gasteiger partial charge in [0.1, 0.15) is 0 Å². The van der Waals surface area contributed by atoms with Crippen molar-refractivity contribution in [2.75, 3.05) is 39.5 Å². The highest BCUT2D eigenvalue weighted by atomic mass is 32.1. The molecule has 4 rings (SSSR count). The highest BCUT2D eigenvalue weighted by Gasteiger charge is 2.20. The van der Waals surface area contributed by atoms with Crippen LogP contribution in [-0.2, 0) is 17.9 Å². The third-order valence-electron chi connectivity index (χ3n) is 4.72. The first-order valence-electron chi connectivity index (χ1n) is 8.88. The normalized spacial score (nSPS) is 17.4. The summed E-state index contributed by atoms with van der Waals surface area (Å²) in [4.78, 5) is 17.9. The van der Waals surface area contributed by atoms with Crippen LogP contribution < -0.4 is 14.8 Å². The Bertz CT molecular complexity index is 742. The molecule has 1 amide bonds. The molecule has 1 N–H and O–H groups in total. The maximum atomic E-state index is 12.1. The van der Waals surface area contributed by atoms with Crippen molar-refractivity contribution < 1.29 is 14.3 Å². The molecule has 2 aliphatic heterocycles. The number of carbonyl (C=O) groups is 1. The zero-order valence-electron chi connectivity index (χ0n) is 14.6. The average Bonchev–Trinajstić information content (AvgIpc) is 3.33. The molecular weight excluding hydrogens is 350 g/mol. The fourth-order valence-corrected chi connectivity index (χ4v) is 3.91. The van der Waals surface area contributed by atoms with Crippen LogP contribution in [-0.4, -0.2) is 55.2 Å². The van der Waals surface area contributed by atoms with E-state index in [9.17, 15) is 4.79 Å². The topological polar surface area (TPSA) is 54.0 Å². The fourth-order valence-electron chi connectivity index (χ4n) is 3.26. The van der Waals surface area contributed by atoms with Gasteiger partial charge in [-0.2, -0.15) is 0 Å². The molecule has 0 bridgehead atoms. The number of nitrogens with zero attached hydrogens (tertiary/aromatic N) is 2. The summed E-state index contributed by atoms with van der Waals surface area (Å²) in [5, 5.41) is 5.03. The van der Waals surface area contributed by atoms with Crippen molar-refractivity contribution in [3.63, 3.8) is 0 Å². The van der Waals surface area contributed by atoms with E-state index in [0.29, 0.717) is 19.9 Å². The highest BCUT2D eigenvalue weighted by Crippen LogP contribution is 2.32. The summed E-state index contributed by atoms with van der Waals surface area (Å²) in [5.74, 6) is 1.76. The second-order valence-corrected chi connectivity index (χ2v) is 7.63. The number of rotatable bonds is 6. The van der Waals surface area contributed by atoms with Gasteiger partial charge in [-0.25, -0.2) is 0 Å². The predicted octanol–water partition coefficient (Wildman–Crippen LogP) is 1.91. The molecule has 6 nitrogen and oxygen atoms in total. The summed E-state index contributed by atoms with van der Waals surface area (Å²) in [6.45, 7) is 6.07. The maximum Gasteiger partial charge on any atom is 0.234 e. The van der Waals surface area contributed by atoms with E-state index in [1.807, 2.05) is 23.6 Å². The van der Waals surface area contributed by atoms with Crippen molar-refractivity contribution in [3.8, 4) is 11.5 Å². The second-order valence-electron chi connectivity index (χ2n) is 6.60. The lowest BCUT2D eigenvalue weighted by Gasteiger charge is -2.34. The summed E-state index contributed by atoms with van der Waals surface area (Å²) in [6.07, 6.45) is 0. The monoisotopic (exact) mass is 373 g/mol. The second kappa shape index (κ2) is 8.07. The number of amides is 1. The molecule has 0 unspecified atom stereocenters. The van der Waals surface area contributed by atoms with Crippen LogP contribution in [0.5, 0.6) is 11.5 Å². The Morgan fingerprint density at radius 2 is 1.88 bits per heavy atom. The number of ether oxygens (including phenoxy) is 2. The number of piperazine rings is 1. The highest BCUT2D eigenvalue weighted by molar-refractivity contribution is 7.09. The Hall–Kier alpha value is -2.09. The van der Waals surface area contributed by atoms with Crippen molar-refractivity contribution >= 4 is 17.2 Å². The molecular formula is C19H23N3O3S. The molecule has 1 saturated heterocycles. The Morgan fingerprint density at radius 1 is 1.08 bits per heavy atom. The molecule has 0 atom stereocenters. The summed E-state index contributed by atoms with van der Waals surface area (Å²) >= 11 is 1.67. The van der Waals surface area contributed by atoms with E-state index in [-0.39, 0.29) is 5.91 Å². The number of fused-ring (bicyclic) bond motifs is 1. The lowest BCUT2D eigenvalue weighted by Crippen LogP contribution is -2.49. The van der Waals surface area contributed by atoms with Crippen LogP contribution in [0.4, 0.5) is 0 Å². The molecule has 0 spiro atoms. The first kappa shape index (κ1) is 17.3. The van der Waals surface area contributed by atoms with Gasteiger partial charge >= 0.3 is 0 Å². The van der Waals surface area contributed by atoms with Crippen molar-refractivity contribution in [1.82, 2.24) is 15.1 Å². The van der Waals surface area contributed by atoms with E-state index in [4.69, 9.17) is 9.47 Å². The average molecular weight is 373 g/mol. The van der Waals surface area contributed by atoms with E-state index >= 15 is 0 Å². The molecule has 26 heavy (non-hydrogen) atoms. The van der Waals surface area contributed by atoms with Gasteiger partial charge in [-0.3, -0.25) is 14.6 Å². The Morgan fingerprint density at radius 3 is 2.69 bits per heavy atom. The van der Waals surface area contributed by atoms with Crippen molar-refractivity contribution in [3.05, 3.63) is 46.2 Å². The first-order valence-corrected chi connectivity index (χ1v) is 9.76. The van der Waals surface area contributed by atoms with Crippen LogP contribution in [0.15, 0.2) is 35.7 Å². The zero-order chi connectivity index (χ0) is 17.8. The number of carbonyl (C=O) groups excluding carboxylic acids is 1. The lowest BCUT2D eigenvalue weighted by molar-refractivity contribution is -0.122. The third kappa shape index (κ3) is 4.35. The van der Waals surface area contributed by atoms with Gasteiger partial charge in [-0.15, -0.1) is 11.3 Å².